The number of piperidine rings is 1. The normalized spacial score (nSPS) is 25.6. The lowest BCUT2D eigenvalue weighted by Gasteiger charge is -2.38. The van der Waals surface area contributed by atoms with Crippen molar-refractivity contribution < 1.29 is 0 Å². The Balaban J connectivity index is 2.21. The first kappa shape index (κ1) is 11.2. The van der Waals surface area contributed by atoms with Crippen LogP contribution in [0.5, 0.6) is 0 Å². The minimum absolute atomic E-state index is 0.563. The average molecular weight is 220 g/mol. The molecule has 0 spiro atoms. The first-order valence-corrected chi connectivity index (χ1v) is 6.00. The Hall–Kier alpha value is -1.32. The molecule has 1 aromatic rings. The third-order valence-corrected chi connectivity index (χ3v) is 3.53. The highest BCUT2D eigenvalue weighted by Crippen LogP contribution is 2.27. The van der Waals surface area contributed by atoms with E-state index in [1.54, 1.807) is 0 Å². The summed E-state index contributed by atoms with van der Waals surface area (Å²) in [5, 5.41) is 2.98. The number of rotatable bonds is 2. The summed E-state index contributed by atoms with van der Waals surface area (Å²) in [5.74, 6) is 2.48. The Morgan fingerprint density at radius 3 is 3.00 bits per heavy atom. The maximum absolute atomic E-state index is 4.50. The van der Waals surface area contributed by atoms with E-state index in [0.29, 0.717) is 12.0 Å². The van der Waals surface area contributed by atoms with Gasteiger partial charge in [-0.15, -0.1) is 0 Å². The van der Waals surface area contributed by atoms with Gasteiger partial charge in [0.05, 0.1) is 0 Å². The van der Waals surface area contributed by atoms with E-state index in [2.05, 4.69) is 34.0 Å². The van der Waals surface area contributed by atoms with Crippen molar-refractivity contribution in [3.8, 4) is 0 Å². The molecule has 1 aromatic heterocycles. The minimum atomic E-state index is 0.563. The first-order chi connectivity index (χ1) is 7.72. The zero-order chi connectivity index (χ0) is 11.5. The molecule has 2 heterocycles. The molecule has 88 valence electrons. The third kappa shape index (κ3) is 2.10. The van der Waals surface area contributed by atoms with Crippen molar-refractivity contribution in [2.75, 3.05) is 23.8 Å². The molecule has 0 aromatic carbocycles. The van der Waals surface area contributed by atoms with Crippen molar-refractivity contribution in [2.24, 2.45) is 5.92 Å². The fourth-order valence-corrected chi connectivity index (χ4v) is 2.29. The van der Waals surface area contributed by atoms with Crippen LogP contribution in [0.25, 0.3) is 0 Å². The van der Waals surface area contributed by atoms with Crippen LogP contribution in [0.1, 0.15) is 26.7 Å². The molecule has 1 fully saturated rings. The number of hydrogen-bond donors (Lipinski definition) is 1. The smallest absolute Gasteiger partial charge is 0.224 e. The number of hydrogen-bond acceptors (Lipinski definition) is 4. The first-order valence-electron chi connectivity index (χ1n) is 6.00. The molecule has 1 aliphatic rings. The molecule has 16 heavy (non-hydrogen) atoms. The van der Waals surface area contributed by atoms with E-state index < -0.39 is 0 Å². The van der Waals surface area contributed by atoms with Crippen LogP contribution in [0.4, 0.5) is 11.8 Å². The summed E-state index contributed by atoms with van der Waals surface area (Å²) in [4.78, 5) is 11.0. The summed E-state index contributed by atoms with van der Waals surface area (Å²) in [6.45, 7) is 5.70. The Labute approximate surface area is 97.1 Å². The van der Waals surface area contributed by atoms with Crippen molar-refractivity contribution in [3.05, 3.63) is 12.3 Å². The number of nitrogens with zero attached hydrogens (tertiary/aromatic N) is 3. The zero-order valence-electron chi connectivity index (χ0n) is 10.3. The molecule has 2 unspecified atom stereocenters. The van der Waals surface area contributed by atoms with Gasteiger partial charge in [-0.1, -0.05) is 6.92 Å². The quantitative estimate of drug-likeness (QED) is 0.829. The van der Waals surface area contributed by atoms with Crippen molar-refractivity contribution in [1.29, 1.82) is 0 Å². The van der Waals surface area contributed by atoms with Crippen molar-refractivity contribution >= 4 is 11.8 Å². The van der Waals surface area contributed by atoms with E-state index in [1.807, 2.05) is 19.3 Å². The van der Waals surface area contributed by atoms with Gasteiger partial charge in [-0.05, 0) is 31.7 Å². The maximum atomic E-state index is 4.50. The van der Waals surface area contributed by atoms with E-state index >= 15 is 0 Å². The second kappa shape index (κ2) is 4.68. The molecular weight excluding hydrogens is 200 g/mol. The van der Waals surface area contributed by atoms with E-state index in [0.717, 1.165) is 18.3 Å². The number of aromatic nitrogens is 2. The SMILES string of the molecule is CNc1nccc(N2CCCC(C)C2C)n1. The Morgan fingerprint density at radius 1 is 1.44 bits per heavy atom. The molecular formula is C12H20N4. The summed E-state index contributed by atoms with van der Waals surface area (Å²) in [5.41, 5.74) is 0. The Kier molecular flexibility index (Phi) is 3.27. The monoisotopic (exact) mass is 220 g/mol. The van der Waals surface area contributed by atoms with Gasteiger partial charge in [0.15, 0.2) is 0 Å². The lowest BCUT2D eigenvalue weighted by atomic mass is 9.92. The summed E-state index contributed by atoms with van der Waals surface area (Å²) >= 11 is 0. The molecule has 4 nitrogen and oxygen atoms in total. The Morgan fingerprint density at radius 2 is 2.25 bits per heavy atom. The summed E-state index contributed by atoms with van der Waals surface area (Å²) in [6.07, 6.45) is 4.40. The van der Waals surface area contributed by atoms with Gasteiger partial charge in [-0.25, -0.2) is 4.98 Å². The van der Waals surface area contributed by atoms with Crippen molar-refractivity contribution in [1.82, 2.24) is 9.97 Å². The Bertz CT molecular complexity index is 353. The minimum Gasteiger partial charge on any atom is -0.357 e. The molecule has 0 aliphatic carbocycles. The highest BCUT2D eigenvalue weighted by molar-refractivity contribution is 5.43. The number of nitrogens with one attached hydrogen (secondary N) is 1. The van der Waals surface area contributed by atoms with Gasteiger partial charge in [-0.2, -0.15) is 4.98 Å². The maximum Gasteiger partial charge on any atom is 0.224 e. The van der Waals surface area contributed by atoms with Crippen LogP contribution < -0.4 is 10.2 Å². The van der Waals surface area contributed by atoms with Crippen molar-refractivity contribution in [2.45, 2.75) is 32.7 Å². The molecule has 4 heteroatoms. The second-order valence-electron chi connectivity index (χ2n) is 4.54. The molecule has 1 saturated heterocycles. The van der Waals surface area contributed by atoms with Gasteiger partial charge < -0.3 is 10.2 Å². The van der Waals surface area contributed by atoms with Crippen LogP contribution in [0.2, 0.25) is 0 Å². The van der Waals surface area contributed by atoms with Crippen LogP contribution >= 0.6 is 0 Å². The van der Waals surface area contributed by atoms with E-state index in [1.165, 1.54) is 12.8 Å². The zero-order valence-corrected chi connectivity index (χ0v) is 10.3. The lowest BCUT2D eigenvalue weighted by Crippen LogP contribution is -2.42. The molecule has 2 atom stereocenters. The van der Waals surface area contributed by atoms with Crippen LogP contribution in [0.3, 0.4) is 0 Å². The van der Waals surface area contributed by atoms with Crippen LogP contribution in [0, 0.1) is 5.92 Å². The standard InChI is InChI=1S/C12H20N4/c1-9-5-4-8-16(10(9)2)11-6-7-14-12(13-3)15-11/h6-7,9-10H,4-5,8H2,1-3H3,(H,13,14,15). The molecule has 1 N–H and O–H groups in total. The topological polar surface area (TPSA) is 41.1 Å². The molecule has 0 saturated carbocycles. The fraction of sp³-hybridized carbons (Fsp3) is 0.667. The summed E-state index contributed by atoms with van der Waals surface area (Å²) < 4.78 is 0. The van der Waals surface area contributed by atoms with Gasteiger partial charge in [0.1, 0.15) is 5.82 Å². The molecule has 0 radical (unpaired) electrons. The average Bonchev–Trinajstić information content (AvgIpc) is 2.33. The molecule has 2 rings (SSSR count). The fourth-order valence-electron chi connectivity index (χ4n) is 2.29. The second-order valence-corrected chi connectivity index (χ2v) is 4.54. The van der Waals surface area contributed by atoms with E-state index in [4.69, 9.17) is 0 Å². The molecule has 0 amide bonds. The number of anilines is 2. The van der Waals surface area contributed by atoms with Gasteiger partial charge >= 0.3 is 0 Å². The van der Waals surface area contributed by atoms with Gasteiger partial charge in [0.25, 0.3) is 0 Å². The summed E-state index contributed by atoms with van der Waals surface area (Å²) in [7, 11) is 1.85. The van der Waals surface area contributed by atoms with E-state index in [9.17, 15) is 0 Å². The molecule has 0 bridgehead atoms. The van der Waals surface area contributed by atoms with Crippen LogP contribution in [-0.4, -0.2) is 29.6 Å². The summed E-state index contributed by atoms with van der Waals surface area (Å²) in [6, 6.07) is 2.56. The van der Waals surface area contributed by atoms with Crippen LogP contribution in [-0.2, 0) is 0 Å². The van der Waals surface area contributed by atoms with Gasteiger partial charge in [0.2, 0.25) is 5.95 Å². The highest BCUT2D eigenvalue weighted by atomic mass is 15.2. The highest BCUT2D eigenvalue weighted by Gasteiger charge is 2.25. The molecule has 1 aliphatic heterocycles. The predicted octanol–water partition coefficient (Wildman–Crippen LogP) is 2.14. The predicted molar refractivity (Wildman–Crippen MR) is 66.8 cm³/mol. The lowest BCUT2D eigenvalue weighted by molar-refractivity contribution is 0.361. The van der Waals surface area contributed by atoms with E-state index in [-0.39, 0.29) is 0 Å². The largest absolute Gasteiger partial charge is 0.357 e. The van der Waals surface area contributed by atoms with Gasteiger partial charge in [-0.3, -0.25) is 0 Å². The van der Waals surface area contributed by atoms with Crippen molar-refractivity contribution in [3.63, 3.8) is 0 Å². The van der Waals surface area contributed by atoms with Gasteiger partial charge in [0, 0.05) is 25.8 Å². The third-order valence-electron chi connectivity index (χ3n) is 3.53. The van der Waals surface area contributed by atoms with Crippen LogP contribution in [0.15, 0.2) is 12.3 Å².